The molecule has 1 atom stereocenters. The zero-order valence-corrected chi connectivity index (χ0v) is 20.5. The summed E-state index contributed by atoms with van der Waals surface area (Å²) in [5.74, 6) is 0.828. The summed E-state index contributed by atoms with van der Waals surface area (Å²) in [6.45, 7) is 9.21. The molecule has 1 heterocycles. The third kappa shape index (κ3) is 5.15. The molecule has 32 heavy (non-hydrogen) atoms. The van der Waals surface area contributed by atoms with Gasteiger partial charge in [-0.2, -0.15) is 4.31 Å². The number of hydrogen-bond donors (Lipinski definition) is 1. The number of methoxy groups -OCH3 is 1. The first kappa shape index (κ1) is 24.3. The predicted octanol–water partition coefficient (Wildman–Crippen LogP) is 4.79. The molecule has 0 aliphatic carbocycles. The summed E-state index contributed by atoms with van der Waals surface area (Å²) in [7, 11) is -1.93. The summed E-state index contributed by atoms with van der Waals surface area (Å²) in [5.41, 5.74) is 3.47. The van der Waals surface area contributed by atoms with Crippen LogP contribution in [-0.2, 0) is 10.0 Å². The number of rotatable bonds is 7. The summed E-state index contributed by atoms with van der Waals surface area (Å²) >= 11 is 0. The highest BCUT2D eigenvalue weighted by Gasteiger charge is 2.27. The molecule has 6 nitrogen and oxygen atoms in total. The molecule has 0 radical (unpaired) electrons. The van der Waals surface area contributed by atoms with E-state index < -0.39 is 10.0 Å². The van der Waals surface area contributed by atoms with Crippen LogP contribution in [0.2, 0.25) is 0 Å². The van der Waals surface area contributed by atoms with Crippen LogP contribution >= 0.6 is 0 Å². The van der Waals surface area contributed by atoms with Gasteiger partial charge in [-0.25, -0.2) is 8.42 Å². The second-order valence-corrected chi connectivity index (χ2v) is 10.7. The first-order chi connectivity index (χ1) is 15.1. The minimum Gasteiger partial charge on any atom is -0.496 e. The Hall–Kier alpha value is -2.38. The Morgan fingerprint density at radius 1 is 1.03 bits per heavy atom. The molecule has 2 aromatic carbocycles. The lowest BCUT2D eigenvalue weighted by Gasteiger charge is -2.26. The number of carbonyl (C=O) groups excluding carboxylic acids is 1. The van der Waals surface area contributed by atoms with Crippen molar-refractivity contribution in [2.24, 2.45) is 0 Å². The van der Waals surface area contributed by atoms with Gasteiger partial charge in [0.05, 0.1) is 18.0 Å². The van der Waals surface area contributed by atoms with Crippen molar-refractivity contribution in [2.45, 2.75) is 63.8 Å². The van der Waals surface area contributed by atoms with Crippen molar-refractivity contribution >= 4 is 15.9 Å². The number of sulfonamides is 1. The van der Waals surface area contributed by atoms with Gasteiger partial charge in [-0.15, -0.1) is 0 Å². The van der Waals surface area contributed by atoms with Gasteiger partial charge in [0.2, 0.25) is 10.0 Å². The lowest BCUT2D eigenvalue weighted by molar-refractivity contribution is 0.0939. The molecule has 0 saturated carbocycles. The van der Waals surface area contributed by atoms with Crippen molar-refractivity contribution in [3.63, 3.8) is 0 Å². The molecule has 0 aromatic heterocycles. The molecule has 174 valence electrons. The number of nitrogens with one attached hydrogen (secondary N) is 1. The lowest BCUT2D eigenvalue weighted by atomic mass is 9.93. The monoisotopic (exact) mass is 458 g/mol. The van der Waals surface area contributed by atoms with Crippen molar-refractivity contribution in [3.8, 4) is 5.75 Å². The van der Waals surface area contributed by atoms with Crippen LogP contribution < -0.4 is 10.1 Å². The minimum atomic E-state index is -3.59. The molecular weight excluding hydrogens is 424 g/mol. The van der Waals surface area contributed by atoms with E-state index in [0.717, 1.165) is 41.7 Å². The van der Waals surface area contributed by atoms with Gasteiger partial charge in [-0.05, 0) is 79.6 Å². The average Bonchev–Trinajstić information content (AvgIpc) is 2.79. The molecule has 1 amide bonds. The Morgan fingerprint density at radius 2 is 1.72 bits per heavy atom. The highest BCUT2D eigenvalue weighted by molar-refractivity contribution is 7.89. The molecule has 1 aliphatic rings. The summed E-state index contributed by atoms with van der Waals surface area (Å²) < 4.78 is 33.0. The molecule has 1 fully saturated rings. The Balaban J connectivity index is 1.82. The van der Waals surface area contributed by atoms with E-state index in [2.05, 4.69) is 25.2 Å². The topological polar surface area (TPSA) is 75.7 Å². The van der Waals surface area contributed by atoms with E-state index in [-0.39, 0.29) is 22.8 Å². The summed E-state index contributed by atoms with van der Waals surface area (Å²) in [6, 6.07) is 10.2. The first-order valence-electron chi connectivity index (χ1n) is 11.2. The van der Waals surface area contributed by atoms with Gasteiger partial charge in [-0.3, -0.25) is 4.79 Å². The van der Waals surface area contributed by atoms with E-state index in [1.807, 2.05) is 19.9 Å². The van der Waals surface area contributed by atoms with Crippen molar-refractivity contribution < 1.29 is 17.9 Å². The molecule has 0 unspecified atom stereocenters. The van der Waals surface area contributed by atoms with Gasteiger partial charge < -0.3 is 10.1 Å². The van der Waals surface area contributed by atoms with Gasteiger partial charge in [0.1, 0.15) is 5.75 Å². The van der Waals surface area contributed by atoms with E-state index in [4.69, 9.17) is 4.74 Å². The number of nitrogens with zero attached hydrogens (tertiary/aromatic N) is 1. The minimum absolute atomic E-state index is 0.169. The van der Waals surface area contributed by atoms with Gasteiger partial charge in [-0.1, -0.05) is 26.3 Å². The molecule has 0 bridgehead atoms. The summed E-state index contributed by atoms with van der Waals surface area (Å²) in [6.07, 6.45) is 2.79. The SMILES string of the molecule is COc1cc(C)c([C@@H](C)NC(=O)c2cccc(S(=O)(=O)N3CCCCC3)c2)cc1C(C)C. The number of aryl methyl sites for hydroxylation is 1. The highest BCUT2D eigenvalue weighted by atomic mass is 32.2. The quantitative estimate of drug-likeness (QED) is 0.647. The maximum absolute atomic E-state index is 13.0. The van der Waals surface area contributed by atoms with E-state index in [9.17, 15) is 13.2 Å². The maximum atomic E-state index is 13.0. The molecule has 1 saturated heterocycles. The molecule has 1 aliphatic heterocycles. The van der Waals surface area contributed by atoms with Crippen molar-refractivity contribution in [1.82, 2.24) is 9.62 Å². The molecule has 2 aromatic rings. The zero-order chi connectivity index (χ0) is 23.5. The lowest BCUT2D eigenvalue weighted by Crippen LogP contribution is -2.35. The number of carbonyl (C=O) groups is 1. The van der Waals surface area contributed by atoms with E-state index in [0.29, 0.717) is 18.7 Å². The van der Waals surface area contributed by atoms with Crippen molar-refractivity contribution in [1.29, 1.82) is 0 Å². The molecule has 1 N–H and O–H groups in total. The molecular formula is C25H34N2O4S. The van der Waals surface area contributed by atoms with E-state index >= 15 is 0 Å². The second kappa shape index (κ2) is 10.0. The Kier molecular flexibility index (Phi) is 7.62. The fourth-order valence-corrected chi connectivity index (χ4v) is 5.78. The molecule has 7 heteroatoms. The number of hydrogen-bond acceptors (Lipinski definition) is 4. The number of piperidine rings is 1. The van der Waals surface area contributed by atoms with Crippen LogP contribution in [0.4, 0.5) is 0 Å². The van der Waals surface area contributed by atoms with Crippen molar-refractivity contribution in [2.75, 3.05) is 20.2 Å². The standard InChI is InChI=1S/C25H34N2O4S/c1-17(2)22-16-23(18(3)14-24(22)31-5)19(4)26-25(28)20-10-9-11-21(15-20)32(29,30)27-12-7-6-8-13-27/h9-11,14-17,19H,6-8,12-13H2,1-5H3,(H,26,28)/t19-/m1/s1. The maximum Gasteiger partial charge on any atom is 0.251 e. The number of amides is 1. The fraction of sp³-hybridized carbons (Fsp3) is 0.480. The third-order valence-electron chi connectivity index (χ3n) is 6.10. The van der Waals surface area contributed by atoms with Gasteiger partial charge in [0, 0.05) is 18.7 Å². The van der Waals surface area contributed by atoms with E-state index in [1.165, 1.54) is 10.4 Å². The number of ether oxygens (including phenoxy) is 1. The average molecular weight is 459 g/mol. The first-order valence-corrected chi connectivity index (χ1v) is 12.7. The van der Waals surface area contributed by atoms with Crippen LogP contribution in [-0.4, -0.2) is 38.8 Å². The predicted molar refractivity (Wildman–Crippen MR) is 127 cm³/mol. The van der Waals surface area contributed by atoms with Gasteiger partial charge in [0.25, 0.3) is 5.91 Å². The number of benzene rings is 2. The van der Waals surface area contributed by atoms with Gasteiger partial charge >= 0.3 is 0 Å². The Bertz CT molecular complexity index is 1070. The summed E-state index contributed by atoms with van der Waals surface area (Å²) in [4.78, 5) is 13.2. The van der Waals surface area contributed by atoms with Crippen LogP contribution in [0.3, 0.4) is 0 Å². The Labute approximate surface area is 192 Å². The third-order valence-corrected chi connectivity index (χ3v) is 8.00. The Morgan fingerprint density at radius 3 is 2.34 bits per heavy atom. The molecule has 0 spiro atoms. The van der Waals surface area contributed by atoms with Crippen LogP contribution in [0.25, 0.3) is 0 Å². The van der Waals surface area contributed by atoms with Crippen LogP contribution in [0, 0.1) is 6.92 Å². The normalized spacial score (nSPS) is 16.1. The fourth-order valence-electron chi connectivity index (χ4n) is 4.22. The van der Waals surface area contributed by atoms with Crippen LogP contribution in [0.1, 0.15) is 79.0 Å². The van der Waals surface area contributed by atoms with Crippen LogP contribution in [0.15, 0.2) is 41.3 Å². The van der Waals surface area contributed by atoms with Crippen molar-refractivity contribution in [3.05, 3.63) is 58.7 Å². The molecule has 3 rings (SSSR count). The summed E-state index contributed by atoms with van der Waals surface area (Å²) in [5, 5.41) is 3.03. The highest BCUT2D eigenvalue weighted by Crippen LogP contribution is 2.32. The smallest absolute Gasteiger partial charge is 0.251 e. The second-order valence-electron chi connectivity index (χ2n) is 8.79. The largest absolute Gasteiger partial charge is 0.496 e. The van der Waals surface area contributed by atoms with Gasteiger partial charge in [0.15, 0.2) is 0 Å². The van der Waals surface area contributed by atoms with E-state index in [1.54, 1.807) is 25.3 Å². The van der Waals surface area contributed by atoms with Crippen LogP contribution in [0.5, 0.6) is 5.75 Å². The zero-order valence-electron chi connectivity index (χ0n) is 19.6.